The van der Waals surface area contributed by atoms with Gasteiger partial charge < -0.3 is 10.0 Å². The van der Waals surface area contributed by atoms with E-state index in [0.29, 0.717) is 0 Å². The van der Waals surface area contributed by atoms with Crippen LogP contribution in [0, 0.1) is 0 Å². The number of anilines is 1. The van der Waals surface area contributed by atoms with Gasteiger partial charge >= 0.3 is 5.97 Å². The second-order valence-corrected chi connectivity index (χ2v) is 6.24. The summed E-state index contributed by atoms with van der Waals surface area (Å²) in [6.45, 7) is 4.54. The summed E-state index contributed by atoms with van der Waals surface area (Å²) >= 11 is 0. The molecule has 2 aliphatic heterocycles. The fourth-order valence-corrected chi connectivity index (χ4v) is 3.45. The second-order valence-electron chi connectivity index (χ2n) is 6.24. The number of carboxylic acid groups (broad SMARTS) is 1. The Morgan fingerprint density at radius 3 is 2.95 bits per heavy atom. The van der Waals surface area contributed by atoms with Crippen LogP contribution in [0.3, 0.4) is 0 Å². The van der Waals surface area contributed by atoms with E-state index in [9.17, 15) is 9.90 Å². The van der Waals surface area contributed by atoms with Crippen LogP contribution in [0.2, 0.25) is 0 Å². The van der Waals surface area contributed by atoms with Crippen molar-refractivity contribution < 1.29 is 9.90 Å². The van der Waals surface area contributed by atoms with Crippen molar-refractivity contribution in [1.29, 1.82) is 0 Å². The molecule has 2 aliphatic rings. The average molecular weight is 274 g/mol. The van der Waals surface area contributed by atoms with Crippen LogP contribution >= 0.6 is 0 Å². The van der Waals surface area contributed by atoms with Crippen LogP contribution in [-0.4, -0.2) is 41.7 Å². The van der Waals surface area contributed by atoms with Gasteiger partial charge in [0.25, 0.3) is 0 Å². The molecule has 0 aliphatic carbocycles. The SMILES string of the molecule is CN1CCc2cc(CN3CCCC3(C)C(=O)O)ccc21. The number of carbonyl (C=O) groups is 1. The highest BCUT2D eigenvalue weighted by atomic mass is 16.4. The van der Waals surface area contributed by atoms with Crippen LogP contribution in [0.5, 0.6) is 0 Å². The average Bonchev–Trinajstić information content (AvgIpc) is 2.96. The minimum atomic E-state index is -0.699. The summed E-state index contributed by atoms with van der Waals surface area (Å²) in [5, 5.41) is 9.46. The number of benzene rings is 1. The normalized spacial score (nSPS) is 26.0. The Kier molecular flexibility index (Phi) is 3.21. The molecule has 1 unspecified atom stereocenters. The van der Waals surface area contributed by atoms with E-state index in [-0.39, 0.29) is 0 Å². The fraction of sp³-hybridized carbons (Fsp3) is 0.562. The van der Waals surface area contributed by atoms with Crippen molar-refractivity contribution in [3.05, 3.63) is 29.3 Å². The van der Waals surface area contributed by atoms with Crippen molar-refractivity contribution in [3.63, 3.8) is 0 Å². The maximum atomic E-state index is 11.5. The molecule has 0 amide bonds. The second kappa shape index (κ2) is 4.77. The van der Waals surface area contributed by atoms with E-state index in [1.54, 1.807) is 0 Å². The van der Waals surface area contributed by atoms with Crippen LogP contribution in [0.25, 0.3) is 0 Å². The van der Waals surface area contributed by atoms with Gasteiger partial charge in [0.1, 0.15) is 5.54 Å². The molecule has 0 aromatic heterocycles. The maximum Gasteiger partial charge on any atom is 0.323 e. The Morgan fingerprint density at radius 1 is 1.40 bits per heavy atom. The first-order valence-corrected chi connectivity index (χ1v) is 7.32. The molecule has 0 bridgehead atoms. The van der Waals surface area contributed by atoms with Gasteiger partial charge in [0, 0.05) is 25.8 Å². The molecule has 3 rings (SSSR count). The zero-order valence-corrected chi connectivity index (χ0v) is 12.2. The largest absolute Gasteiger partial charge is 0.480 e. The third kappa shape index (κ3) is 2.08. The molecule has 1 saturated heterocycles. The number of likely N-dealkylation sites (N-methyl/N-ethyl adjacent to an activating group) is 1. The molecule has 108 valence electrons. The first-order valence-electron chi connectivity index (χ1n) is 7.32. The van der Waals surface area contributed by atoms with Crippen LogP contribution in [0.1, 0.15) is 30.9 Å². The van der Waals surface area contributed by atoms with Crippen molar-refractivity contribution in [2.75, 3.05) is 25.0 Å². The lowest BCUT2D eigenvalue weighted by atomic mass is 9.98. The van der Waals surface area contributed by atoms with Crippen molar-refractivity contribution >= 4 is 11.7 Å². The Morgan fingerprint density at radius 2 is 2.20 bits per heavy atom. The van der Waals surface area contributed by atoms with Crippen LogP contribution in [0.4, 0.5) is 5.69 Å². The van der Waals surface area contributed by atoms with Crippen molar-refractivity contribution in [2.24, 2.45) is 0 Å². The summed E-state index contributed by atoms with van der Waals surface area (Å²) < 4.78 is 0. The highest BCUT2D eigenvalue weighted by Crippen LogP contribution is 2.32. The smallest absolute Gasteiger partial charge is 0.323 e. The number of aliphatic carboxylic acids is 1. The van der Waals surface area contributed by atoms with Gasteiger partial charge in [-0.3, -0.25) is 9.69 Å². The highest BCUT2D eigenvalue weighted by Gasteiger charge is 2.43. The minimum absolute atomic E-state index is 0.698. The number of likely N-dealkylation sites (tertiary alicyclic amines) is 1. The molecule has 1 N–H and O–H groups in total. The molecular weight excluding hydrogens is 252 g/mol. The molecule has 4 nitrogen and oxygen atoms in total. The molecule has 1 aromatic carbocycles. The lowest BCUT2D eigenvalue weighted by Crippen LogP contribution is -2.47. The minimum Gasteiger partial charge on any atom is -0.480 e. The van der Waals surface area contributed by atoms with Crippen molar-refractivity contribution in [1.82, 2.24) is 4.90 Å². The predicted octanol–water partition coefficient (Wildman–Crippen LogP) is 2.12. The van der Waals surface area contributed by atoms with Gasteiger partial charge in [-0.25, -0.2) is 0 Å². The predicted molar refractivity (Wildman–Crippen MR) is 79.1 cm³/mol. The molecule has 1 atom stereocenters. The van der Waals surface area contributed by atoms with E-state index in [4.69, 9.17) is 0 Å². The Labute approximate surface area is 120 Å². The van der Waals surface area contributed by atoms with E-state index < -0.39 is 11.5 Å². The topological polar surface area (TPSA) is 43.8 Å². The zero-order valence-electron chi connectivity index (χ0n) is 12.2. The Hall–Kier alpha value is -1.55. The first kappa shape index (κ1) is 13.4. The summed E-state index contributed by atoms with van der Waals surface area (Å²) in [6.07, 6.45) is 2.81. The van der Waals surface area contributed by atoms with Gasteiger partial charge in [-0.2, -0.15) is 0 Å². The quantitative estimate of drug-likeness (QED) is 0.917. The van der Waals surface area contributed by atoms with Gasteiger partial charge in [0.2, 0.25) is 0 Å². The number of hydrogen-bond acceptors (Lipinski definition) is 3. The number of nitrogens with zero attached hydrogens (tertiary/aromatic N) is 2. The van der Waals surface area contributed by atoms with Crippen LogP contribution < -0.4 is 4.90 Å². The summed E-state index contributed by atoms with van der Waals surface area (Å²) in [4.78, 5) is 15.9. The van der Waals surface area contributed by atoms with Crippen molar-refractivity contribution in [2.45, 2.75) is 38.3 Å². The summed E-state index contributed by atoms with van der Waals surface area (Å²) in [7, 11) is 2.12. The number of rotatable bonds is 3. The van der Waals surface area contributed by atoms with E-state index in [1.165, 1.54) is 16.8 Å². The van der Waals surface area contributed by atoms with Crippen molar-refractivity contribution in [3.8, 4) is 0 Å². The van der Waals surface area contributed by atoms with Gasteiger partial charge in [-0.05, 0) is 49.9 Å². The molecule has 2 heterocycles. The van der Waals surface area contributed by atoms with E-state index in [1.807, 2.05) is 6.92 Å². The molecular formula is C16H22N2O2. The lowest BCUT2D eigenvalue weighted by Gasteiger charge is -2.31. The molecule has 4 heteroatoms. The van der Waals surface area contributed by atoms with E-state index in [0.717, 1.165) is 38.9 Å². The number of fused-ring (bicyclic) bond motifs is 1. The molecule has 20 heavy (non-hydrogen) atoms. The van der Waals surface area contributed by atoms with E-state index >= 15 is 0 Å². The zero-order chi connectivity index (χ0) is 14.3. The number of carboxylic acids is 1. The molecule has 0 spiro atoms. The van der Waals surface area contributed by atoms with Gasteiger partial charge in [0.15, 0.2) is 0 Å². The molecule has 1 aromatic rings. The fourth-order valence-electron chi connectivity index (χ4n) is 3.45. The van der Waals surface area contributed by atoms with Gasteiger partial charge in [-0.1, -0.05) is 12.1 Å². The van der Waals surface area contributed by atoms with Gasteiger partial charge in [0.05, 0.1) is 0 Å². The molecule has 0 radical (unpaired) electrons. The monoisotopic (exact) mass is 274 g/mol. The summed E-state index contributed by atoms with van der Waals surface area (Å²) in [5.74, 6) is -0.698. The van der Waals surface area contributed by atoms with Gasteiger partial charge in [-0.15, -0.1) is 0 Å². The third-order valence-corrected chi connectivity index (χ3v) is 4.90. The lowest BCUT2D eigenvalue weighted by molar-refractivity contribution is -0.148. The third-order valence-electron chi connectivity index (χ3n) is 4.90. The molecule has 0 saturated carbocycles. The van der Waals surface area contributed by atoms with E-state index in [2.05, 4.69) is 35.0 Å². The highest BCUT2D eigenvalue weighted by molar-refractivity contribution is 5.78. The Balaban J connectivity index is 1.80. The number of hydrogen-bond donors (Lipinski definition) is 1. The maximum absolute atomic E-state index is 11.5. The summed E-state index contributed by atoms with van der Waals surface area (Å²) in [5.41, 5.74) is 3.24. The van der Waals surface area contributed by atoms with Crippen LogP contribution in [0.15, 0.2) is 18.2 Å². The molecule has 1 fully saturated rings. The standard InChI is InChI=1S/C16H22N2O2/c1-16(15(19)20)7-3-8-18(16)11-12-4-5-14-13(10-12)6-9-17(14)2/h4-5,10H,3,6-9,11H2,1-2H3,(H,19,20). The first-order chi connectivity index (χ1) is 9.50. The Bertz CT molecular complexity index is 543. The van der Waals surface area contributed by atoms with Crippen LogP contribution in [-0.2, 0) is 17.8 Å². The summed E-state index contributed by atoms with van der Waals surface area (Å²) in [6, 6.07) is 6.56.